The van der Waals surface area contributed by atoms with Gasteiger partial charge in [0.25, 0.3) is 0 Å². The average molecular weight is 334 g/mol. The van der Waals surface area contributed by atoms with Crippen molar-refractivity contribution in [3.8, 4) is 0 Å². The average Bonchev–Trinajstić information content (AvgIpc) is 2.64. The highest BCUT2D eigenvalue weighted by Gasteiger charge is 2.30. The number of sulfone groups is 1. The maximum absolute atomic E-state index is 11.6. The van der Waals surface area contributed by atoms with Crippen LogP contribution >= 0.6 is 15.4 Å². The van der Waals surface area contributed by atoms with Crippen LogP contribution < -0.4 is 0 Å². The van der Waals surface area contributed by atoms with E-state index in [9.17, 15) is 17.5 Å². The molecule has 0 saturated carbocycles. The SMILES string of the molecule is CP(=O)(O)OP(=O)(O)OCCS(=O)(=O)c1ccoc1. The lowest BCUT2D eigenvalue weighted by Crippen LogP contribution is -2.11. The predicted octanol–water partition coefficient (Wildman–Crippen LogP) is 1.00. The lowest BCUT2D eigenvalue weighted by Gasteiger charge is -2.13. The maximum atomic E-state index is 11.6. The molecule has 19 heavy (non-hydrogen) atoms. The Hall–Kier alpha value is -0.470. The molecule has 0 bridgehead atoms. The fourth-order valence-electron chi connectivity index (χ4n) is 1.02. The monoisotopic (exact) mass is 334 g/mol. The van der Waals surface area contributed by atoms with Crippen LogP contribution in [0.25, 0.3) is 0 Å². The van der Waals surface area contributed by atoms with Gasteiger partial charge >= 0.3 is 15.4 Å². The van der Waals surface area contributed by atoms with Crippen LogP contribution in [0.5, 0.6) is 0 Å². The van der Waals surface area contributed by atoms with Gasteiger partial charge in [-0.1, -0.05) is 0 Å². The molecule has 0 fully saturated rings. The van der Waals surface area contributed by atoms with Crippen LogP contribution in [0.1, 0.15) is 0 Å². The highest BCUT2D eigenvalue weighted by Crippen LogP contribution is 2.57. The van der Waals surface area contributed by atoms with E-state index in [0.29, 0.717) is 6.66 Å². The number of phosphoric acid groups is 1. The van der Waals surface area contributed by atoms with Gasteiger partial charge < -0.3 is 14.2 Å². The lowest BCUT2D eigenvalue weighted by molar-refractivity contribution is 0.206. The third-order valence-corrected chi connectivity index (χ3v) is 5.92. The summed E-state index contributed by atoms with van der Waals surface area (Å²) >= 11 is 0. The Kier molecular flexibility index (Phi) is 5.14. The molecule has 12 heteroatoms. The van der Waals surface area contributed by atoms with E-state index in [1.807, 2.05) is 0 Å². The van der Waals surface area contributed by atoms with E-state index in [-0.39, 0.29) is 4.90 Å². The molecule has 0 aliphatic carbocycles. The van der Waals surface area contributed by atoms with Gasteiger partial charge in [0.2, 0.25) is 0 Å². The van der Waals surface area contributed by atoms with E-state index in [1.165, 1.54) is 6.07 Å². The van der Waals surface area contributed by atoms with Gasteiger partial charge in [0.05, 0.1) is 18.6 Å². The second-order valence-electron chi connectivity index (χ2n) is 3.46. The fourth-order valence-corrected chi connectivity index (χ4v) is 4.19. The molecule has 0 spiro atoms. The van der Waals surface area contributed by atoms with Crippen LogP contribution in [-0.4, -0.2) is 37.2 Å². The Balaban J connectivity index is 2.56. The zero-order chi connectivity index (χ0) is 14.7. The van der Waals surface area contributed by atoms with Crippen molar-refractivity contribution < 1.29 is 40.6 Å². The topological polar surface area (TPSA) is 140 Å². The fraction of sp³-hybridized carbons (Fsp3) is 0.429. The summed E-state index contributed by atoms with van der Waals surface area (Å²) in [5.41, 5.74) is 0. The molecule has 1 aromatic rings. The molecular formula is C7H12O9P2S. The van der Waals surface area contributed by atoms with Crippen molar-refractivity contribution in [3.63, 3.8) is 0 Å². The number of furan rings is 1. The van der Waals surface area contributed by atoms with Crippen LogP contribution in [0, 0.1) is 0 Å². The highest BCUT2D eigenvalue weighted by atomic mass is 32.2. The zero-order valence-corrected chi connectivity index (χ0v) is 12.3. The number of rotatable bonds is 7. The van der Waals surface area contributed by atoms with Gasteiger partial charge in [0.15, 0.2) is 9.84 Å². The molecular weight excluding hydrogens is 322 g/mol. The van der Waals surface area contributed by atoms with E-state index in [1.54, 1.807) is 0 Å². The van der Waals surface area contributed by atoms with Gasteiger partial charge in [-0.05, 0) is 6.07 Å². The molecule has 2 atom stereocenters. The molecule has 1 rings (SSSR count). The smallest absolute Gasteiger partial charge is 0.471 e. The number of hydrogen-bond donors (Lipinski definition) is 2. The molecule has 1 heterocycles. The molecule has 9 nitrogen and oxygen atoms in total. The highest BCUT2D eigenvalue weighted by molar-refractivity contribution is 7.91. The summed E-state index contributed by atoms with van der Waals surface area (Å²) in [6, 6.07) is 1.21. The van der Waals surface area contributed by atoms with Crippen LogP contribution in [0.3, 0.4) is 0 Å². The number of phosphoric ester groups is 1. The van der Waals surface area contributed by atoms with Gasteiger partial charge in [-0.2, -0.15) is 0 Å². The van der Waals surface area contributed by atoms with E-state index >= 15 is 0 Å². The van der Waals surface area contributed by atoms with Crippen molar-refractivity contribution in [3.05, 3.63) is 18.6 Å². The first-order chi connectivity index (χ1) is 8.52. The first-order valence-electron chi connectivity index (χ1n) is 4.76. The van der Waals surface area contributed by atoms with Gasteiger partial charge in [0, 0.05) is 6.66 Å². The van der Waals surface area contributed by atoms with Crippen molar-refractivity contribution in [1.82, 2.24) is 0 Å². The Bertz CT molecular complexity index is 599. The van der Waals surface area contributed by atoms with Crippen LogP contribution in [0.2, 0.25) is 0 Å². The first kappa shape index (κ1) is 16.6. The van der Waals surface area contributed by atoms with Crippen molar-refractivity contribution in [2.24, 2.45) is 0 Å². The minimum atomic E-state index is -4.78. The van der Waals surface area contributed by atoms with E-state index in [2.05, 4.69) is 13.3 Å². The van der Waals surface area contributed by atoms with E-state index in [0.717, 1.165) is 12.5 Å². The molecule has 2 unspecified atom stereocenters. The Labute approximate surface area is 109 Å². The molecule has 0 aliphatic heterocycles. The second-order valence-corrected chi connectivity index (χ2v) is 9.03. The third-order valence-electron chi connectivity index (χ3n) is 1.72. The predicted molar refractivity (Wildman–Crippen MR) is 63.4 cm³/mol. The van der Waals surface area contributed by atoms with Gasteiger partial charge in [0.1, 0.15) is 11.2 Å². The summed E-state index contributed by atoms with van der Waals surface area (Å²) in [4.78, 5) is 17.7. The maximum Gasteiger partial charge on any atom is 0.479 e. The third kappa shape index (κ3) is 6.01. The lowest BCUT2D eigenvalue weighted by atomic mass is 10.7. The zero-order valence-electron chi connectivity index (χ0n) is 9.70. The van der Waals surface area contributed by atoms with Gasteiger partial charge in [-0.15, -0.1) is 0 Å². The summed E-state index contributed by atoms with van der Waals surface area (Å²) in [5, 5.41) is 0. The first-order valence-corrected chi connectivity index (χ1v) is 9.93. The summed E-state index contributed by atoms with van der Waals surface area (Å²) in [6.07, 6.45) is 2.16. The molecule has 0 saturated heterocycles. The summed E-state index contributed by atoms with van der Waals surface area (Å²) in [6.45, 7) is 0.0166. The largest absolute Gasteiger partial charge is 0.479 e. The van der Waals surface area contributed by atoms with Crippen molar-refractivity contribution in [2.75, 3.05) is 19.0 Å². The van der Waals surface area contributed by atoms with E-state index < -0.39 is 37.6 Å². The summed E-state index contributed by atoms with van der Waals surface area (Å²) < 4.78 is 57.9. The molecule has 110 valence electrons. The Morgan fingerprint density at radius 2 is 2.00 bits per heavy atom. The molecule has 0 amide bonds. The quantitative estimate of drug-likeness (QED) is 0.698. The summed E-state index contributed by atoms with van der Waals surface area (Å²) in [7, 11) is -12.7. The normalized spacial score (nSPS) is 18.7. The summed E-state index contributed by atoms with van der Waals surface area (Å²) in [5.74, 6) is -0.611. The van der Waals surface area contributed by atoms with Crippen LogP contribution in [-0.2, 0) is 27.8 Å². The molecule has 0 aromatic carbocycles. The standard InChI is InChI=1S/C7H12O9P2S/c1-17(8,9)16-18(10,11)15-4-5-19(12,13)7-2-3-14-6-7/h2-3,6H,4-5H2,1H3,(H,8,9)(H,10,11). The Morgan fingerprint density at radius 1 is 1.37 bits per heavy atom. The number of hydrogen-bond acceptors (Lipinski definition) is 7. The minimum absolute atomic E-state index is 0.104. The van der Waals surface area contributed by atoms with Crippen molar-refractivity contribution in [2.45, 2.75) is 4.90 Å². The molecule has 1 aromatic heterocycles. The van der Waals surface area contributed by atoms with E-state index in [4.69, 9.17) is 9.79 Å². The minimum Gasteiger partial charge on any atom is -0.471 e. The van der Waals surface area contributed by atoms with Gasteiger partial charge in [-0.3, -0.25) is 9.09 Å². The molecule has 0 radical (unpaired) electrons. The second kappa shape index (κ2) is 5.88. The molecule has 2 N–H and O–H groups in total. The van der Waals surface area contributed by atoms with Crippen LogP contribution in [0.15, 0.2) is 27.9 Å². The molecule has 0 aliphatic rings. The van der Waals surface area contributed by atoms with Gasteiger partial charge in [-0.25, -0.2) is 17.3 Å². The van der Waals surface area contributed by atoms with Crippen LogP contribution in [0.4, 0.5) is 0 Å². The van der Waals surface area contributed by atoms with Crippen molar-refractivity contribution in [1.29, 1.82) is 0 Å². The van der Waals surface area contributed by atoms with Crippen molar-refractivity contribution >= 4 is 25.3 Å². The Morgan fingerprint density at radius 3 is 2.47 bits per heavy atom.